The summed E-state index contributed by atoms with van der Waals surface area (Å²) in [7, 11) is 0. The molecule has 30 heavy (non-hydrogen) atoms. The largest absolute Gasteiger partial charge is 0.370 e. The van der Waals surface area contributed by atoms with Gasteiger partial charge in [-0.2, -0.15) is 0 Å². The van der Waals surface area contributed by atoms with Gasteiger partial charge in [-0.15, -0.1) is 0 Å². The Morgan fingerprint density at radius 1 is 1.23 bits per heavy atom. The summed E-state index contributed by atoms with van der Waals surface area (Å²) in [6.07, 6.45) is 3.07. The van der Waals surface area contributed by atoms with Gasteiger partial charge in [-0.25, -0.2) is 14.4 Å². The fourth-order valence-electron chi connectivity index (χ4n) is 3.46. The van der Waals surface area contributed by atoms with Crippen molar-refractivity contribution < 1.29 is 18.8 Å². The number of hydrogen-bond acceptors (Lipinski definition) is 5. The van der Waals surface area contributed by atoms with Crippen molar-refractivity contribution in [1.82, 2.24) is 20.2 Å². The summed E-state index contributed by atoms with van der Waals surface area (Å²) in [5.41, 5.74) is 6.75. The average molecular weight is 413 g/mol. The summed E-state index contributed by atoms with van der Waals surface area (Å²) in [5.74, 6) is -0.850. The van der Waals surface area contributed by atoms with Crippen LogP contribution in [-0.2, 0) is 16.1 Å². The van der Waals surface area contributed by atoms with Crippen LogP contribution in [0.5, 0.6) is 0 Å². The fraction of sp³-hybridized carbons (Fsp3) is 0.381. The Bertz CT molecular complexity index is 948. The van der Waals surface area contributed by atoms with E-state index < -0.39 is 5.91 Å². The first-order chi connectivity index (χ1) is 14.3. The number of nitrogens with one attached hydrogen (secondary N) is 1. The Balaban J connectivity index is 1.66. The first-order valence-electron chi connectivity index (χ1n) is 9.79. The molecule has 9 heteroatoms. The van der Waals surface area contributed by atoms with Gasteiger partial charge in [-0.1, -0.05) is 12.1 Å². The molecule has 0 spiro atoms. The number of nitrogens with zero attached hydrogens (tertiary/aromatic N) is 3. The lowest BCUT2D eigenvalue weighted by Crippen LogP contribution is -2.32. The topological polar surface area (TPSA) is 118 Å². The van der Waals surface area contributed by atoms with Gasteiger partial charge in [0.05, 0.1) is 17.3 Å². The van der Waals surface area contributed by atoms with Crippen LogP contribution in [0.1, 0.15) is 59.2 Å². The van der Waals surface area contributed by atoms with Crippen molar-refractivity contribution >= 4 is 17.7 Å². The lowest BCUT2D eigenvalue weighted by atomic mass is 10.1. The molecule has 1 aliphatic heterocycles. The van der Waals surface area contributed by atoms with Crippen LogP contribution in [0.4, 0.5) is 4.39 Å². The minimum absolute atomic E-state index is 0.00903. The van der Waals surface area contributed by atoms with Gasteiger partial charge in [-0.05, 0) is 37.5 Å². The number of halogens is 1. The second-order valence-corrected chi connectivity index (χ2v) is 7.25. The number of nitrogens with two attached hydrogens (primary N) is 1. The van der Waals surface area contributed by atoms with E-state index >= 15 is 0 Å². The lowest BCUT2D eigenvalue weighted by Gasteiger charge is -2.24. The van der Waals surface area contributed by atoms with Crippen LogP contribution in [0.2, 0.25) is 0 Å². The number of likely N-dealkylation sites (tertiary alicyclic amines) is 1. The predicted octanol–water partition coefficient (Wildman–Crippen LogP) is 1.78. The Morgan fingerprint density at radius 3 is 2.63 bits per heavy atom. The molecule has 8 nitrogen and oxygen atoms in total. The van der Waals surface area contributed by atoms with Crippen molar-refractivity contribution in [2.45, 2.75) is 45.2 Å². The molecule has 1 aromatic heterocycles. The third-order valence-electron chi connectivity index (χ3n) is 5.07. The Morgan fingerprint density at radius 2 is 1.97 bits per heavy atom. The van der Waals surface area contributed by atoms with Crippen molar-refractivity contribution in [2.75, 3.05) is 6.54 Å². The summed E-state index contributed by atoms with van der Waals surface area (Å²) >= 11 is 0. The number of amides is 3. The highest BCUT2D eigenvalue weighted by atomic mass is 19.1. The van der Waals surface area contributed by atoms with Gasteiger partial charge in [0, 0.05) is 32.1 Å². The smallest absolute Gasteiger partial charge is 0.254 e. The number of rotatable bonds is 7. The number of aryl methyl sites for hydroxylation is 1. The van der Waals surface area contributed by atoms with Crippen molar-refractivity contribution in [3.8, 4) is 0 Å². The highest BCUT2D eigenvalue weighted by Gasteiger charge is 2.32. The van der Waals surface area contributed by atoms with Crippen LogP contribution in [0.25, 0.3) is 0 Å². The zero-order valence-corrected chi connectivity index (χ0v) is 16.7. The van der Waals surface area contributed by atoms with Gasteiger partial charge in [0.25, 0.3) is 5.91 Å². The first kappa shape index (κ1) is 21.4. The van der Waals surface area contributed by atoms with Crippen molar-refractivity contribution in [1.29, 1.82) is 0 Å². The van der Waals surface area contributed by atoms with Gasteiger partial charge in [0.2, 0.25) is 11.8 Å². The van der Waals surface area contributed by atoms with Crippen molar-refractivity contribution in [2.24, 2.45) is 5.73 Å². The lowest BCUT2D eigenvalue weighted by molar-refractivity contribution is -0.134. The van der Waals surface area contributed by atoms with E-state index in [4.69, 9.17) is 5.73 Å². The van der Waals surface area contributed by atoms with Gasteiger partial charge in [0.1, 0.15) is 5.82 Å². The minimum atomic E-state index is -0.512. The summed E-state index contributed by atoms with van der Waals surface area (Å²) in [5, 5.41) is 2.77. The molecular weight excluding hydrogens is 389 g/mol. The Hall–Kier alpha value is -3.36. The molecule has 3 rings (SSSR count). The number of carbonyl (C=O) groups is 3. The van der Waals surface area contributed by atoms with Crippen molar-refractivity contribution in [3.05, 3.63) is 58.9 Å². The highest BCUT2D eigenvalue weighted by Crippen LogP contribution is 2.30. The highest BCUT2D eigenvalue weighted by molar-refractivity contribution is 5.94. The Kier molecular flexibility index (Phi) is 6.71. The molecule has 0 bridgehead atoms. The van der Waals surface area contributed by atoms with Crippen molar-refractivity contribution in [3.63, 3.8) is 0 Å². The number of hydrogen-bond donors (Lipinski definition) is 2. The molecule has 3 N–H and O–H groups in total. The molecule has 0 radical (unpaired) electrons. The molecule has 1 atom stereocenters. The third kappa shape index (κ3) is 5.16. The maximum absolute atomic E-state index is 13.0. The summed E-state index contributed by atoms with van der Waals surface area (Å²) in [4.78, 5) is 46.3. The molecule has 0 aliphatic carbocycles. The zero-order chi connectivity index (χ0) is 21.7. The van der Waals surface area contributed by atoms with Crippen LogP contribution < -0.4 is 11.1 Å². The second-order valence-electron chi connectivity index (χ2n) is 7.25. The Labute approximate surface area is 173 Å². The molecule has 2 heterocycles. The minimum Gasteiger partial charge on any atom is -0.370 e. The molecule has 1 aliphatic rings. The van der Waals surface area contributed by atoms with E-state index in [0.717, 1.165) is 18.4 Å². The number of carbonyl (C=O) groups excluding carboxylic acids is 3. The molecule has 1 saturated heterocycles. The maximum Gasteiger partial charge on any atom is 0.254 e. The van der Waals surface area contributed by atoms with E-state index in [2.05, 4.69) is 15.3 Å². The van der Waals surface area contributed by atoms with E-state index in [1.54, 1.807) is 24.0 Å². The van der Waals surface area contributed by atoms with E-state index in [1.165, 1.54) is 18.3 Å². The molecule has 1 fully saturated rings. The molecule has 3 amide bonds. The molecule has 1 aromatic carbocycles. The standard InChI is InChI=1S/C21H24FN5O3/c1-13-16(21(30)25-11-14-4-6-15(22)7-5-14)12-24-20(26-13)17-3-2-10-27(17)19(29)9-8-18(23)28/h4-7,12,17H,2-3,8-11H2,1H3,(H2,23,28)(H,25,30)/t17-/m0/s1. The van der Waals surface area contributed by atoms with Crippen LogP contribution in [0.15, 0.2) is 30.5 Å². The quantitative estimate of drug-likeness (QED) is 0.717. The summed E-state index contributed by atoms with van der Waals surface area (Å²) < 4.78 is 13.0. The number of benzene rings is 1. The van der Waals surface area contributed by atoms with Crippen LogP contribution >= 0.6 is 0 Å². The molecule has 2 aromatic rings. The van der Waals surface area contributed by atoms with Crippen LogP contribution in [0, 0.1) is 12.7 Å². The monoisotopic (exact) mass is 413 g/mol. The summed E-state index contributed by atoms with van der Waals surface area (Å²) in [6.45, 7) is 2.54. The van der Waals surface area contributed by atoms with Gasteiger partial charge >= 0.3 is 0 Å². The number of aromatic nitrogens is 2. The maximum atomic E-state index is 13.0. The summed E-state index contributed by atoms with van der Waals surface area (Å²) in [6, 6.07) is 5.60. The SMILES string of the molecule is Cc1nc([C@@H]2CCCN2C(=O)CCC(N)=O)ncc1C(=O)NCc1ccc(F)cc1. The average Bonchev–Trinajstić information content (AvgIpc) is 3.21. The van der Waals surface area contributed by atoms with E-state index in [-0.39, 0.29) is 43.1 Å². The number of primary amides is 1. The predicted molar refractivity (Wildman–Crippen MR) is 106 cm³/mol. The van der Waals surface area contributed by atoms with Crippen LogP contribution in [-0.4, -0.2) is 39.1 Å². The second kappa shape index (κ2) is 9.43. The molecule has 158 valence electrons. The van der Waals surface area contributed by atoms with E-state index in [1.807, 2.05) is 0 Å². The first-order valence-corrected chi connectivity index (χ1v) is 9.79. The normalized spacial score (nSPS) is 15.8. The molecular formula is C21H24FN5O3. The van der Waals surface area contributed by atoms with E-state index in [0.29, 0.717) is 23.6 Å². The fourth-order valence-corrected chi connectivity index (χ4v) is 3.46. The van der Waals surface area contributed by atoms with Gasteiger partial charge in [0.15, 0.2) is 5.82 Å². The zero-order valence-electron chi connectivity index (χ0n) is 16.7. The molecule has 0 saturated carbocycles. The molecule has 0 unspecified atom stereocenters. The van der Waals surface area contributed by atoms with E-state index in [9.17, 15) is 18.8 Å². The van der Waals surface area contributed by atoms with Crippen LogP contribution in [0.3, 0.4) is 0 Å². The third-order valence-corrected chi connectivity index (χ3v) is 5.07. The van der Waals surface area contributed by atoms with Gasteiger partial charge in [-0.3, -0.25) is 14.4 Å². The van der Waals surface area contributed by atoms with Gasteiger partial charge < -0.3 is 16.0 Å².